The number of fused-ring (bicyclic) bond motifs is 2. The van der Waals surface area contributed by atoms with E-state index in [-0.39, 0.29) is 0 Å². The maximum atomic E-state index is 6.50. The van der Waals surface area contributed by atoms with E-state index in [4.69, 9.17) is 5.73 Å². The second-order valence-corrected chi connectivity index (χ2v) is 6.02. The molecule has 2 saturated carbocycles. The van der Waals surface area contributed by atoms with Crippen LogP contribution in [0.15, 0.2) is 0 Å². The Balaban J connectivity index is 2.39. The third-order valence-corrected chi connectivity index (χ3v) is 5.73. The second kappa shape index (κ2) is 2.98. The lowest BCUT2D eigenvalue weighted by Crippen LogP contribution is -2.45. The Hall–Kier alpha value is -0.0400. The molecule has 2 aliphatic rings. The van der Waals surface area contributed by atoms with Gasteiger partial charge in [0.05, 0.1) is 0 Å². The monoisotopic (exact) mass is 195 g/mol. The van der Waals surface area contributed by atoms with E-state index >= 15 is 0 Å². The van der Waals surface area contributed by atoms with Crippen LogP contribution >= 0.6 is 0 Å². The fourth-order valence-corrected chi connectivity index (χ4v) is 4.87. The molecule has 1 heteroatoms. The van der Waals surface area contributed by atoms with Crippen LogP contribution in [0, 0.1) is 22.7 Å². The lowest BCUT2D eigenvalue weighted by Gasteiger charge is -2.41. The first-order valence-corrected chi connectivity index (χ1v) is 6.26. The fourth-order valence-electron chi connectivity index (χ4n) is 4.87. The molecule has 0 saturated heterocycles. The van der Waals surface area contributed by atoms with E-state index in [1.54, 1.807) is 0 Å². The smallest absolute Gasteiger partial charge is 0.0132 e. The molecule has 2 bridgehead atoms. The first-order chi connectivity index (χ1) is 6.50. The van der Waals surface area contributed by atoms with Crippen molar-refractivity contribution < 1.29 is 0 Å². The summed E-state index contributed by atoms with van der Waals surface area (Å²) in [5, 5.41) is 0. The standard InChI is InChI=1S/C13H25N/c1-5-13(6-2)10-8-7-9(11(13)14)12(10,3)4/h9-11H,5-8,14H2,1-4H3/t9?,10-,11+/m0/s1. The fraction of sp³-hybridized carbons (Fsp3) is 1.00. The van der Waals surface area contributed by atoms with Crippen LogP contribution in [-0.4, -0.2) is 6.04 Å². The zero-order valence-electron chi connectivity index (χ0n) is 10.1. The van der Waals surface area contributed by atoms with E-state index in [1.165, 1.54) is 25.7 Å². The van der Waals surface area contributed by atoms with E-state index in [1.807, 2.05) is 0 Å². The van der Waals surface area contributed by atoms with Crippen LogP contribution in [-0.2, 0) is 0 Å². The second-order valence-electron chi connectivity index (χ2n) is 6.02. The number of hydrogen-bond donors (Lipinski definition) is 1. The Morgan fingerprint density at radius 2 is 1.71 bits per heavy atom. The van der Waals surface area contributed by atoms with Crippen LogP contribution < -0.4 is 5.73 Å². The van der Waals surface area contributed by atoms with Gasteiger partial charge in [0.25, 0.3) is 0 Å². The summed E-state index contributed by atoms with van der Waals surface area (Å²) >= 11 is 0. The van der Waals surface area contributed by atoms with Gasteiger partial charge in [0, 0.05) is 6.04 Å². The van der Waals surface area contributed by atoms with E-state index in [2.05, 4.69) is 27.7 Å². The number of nitrogens with two attached hydrogens (primary N) is 1. The highest BCUT2D eigenvalue weighted by atomic mass is 14.8. The third kappa shape index (κ3) is 0.946. The predicted molar refractivity (Wildman–Crippen MR) is 61.0 cm³/mol. The summed E-state index contributed by atoms with van der Waals surface area (Å²) in [6, 6.07) is 0.464. The number of hydrogen-bond acceptors (Lipinski definition) is 1. The van der Waals surface area contributed by atoms with Gasteiger partial charge in [0.2, 0.25) is 0 Å². The molecule has 1 unspecified atom stereocenters. The van der Waals surface area contributed by atoms with Crippen molar-refractivity contribution in [3.63, 3.8) is 0 Å². The van der Waals surface area contributed by atoms with Crippen molar-refractivity contribution in [3.05, 3.63) is 0 Å². The SMILES string of the molecule is CCC1(CC)[C@H](N)C2CC[C@H]1C2(C)C. The van der Waals surface area contributed by atoms with Crippen molar-refractivity contribution in [3.8, 4) is 0 Å². The van der Waals surface area contributed by atoms with Crippen molar-refractivity contribution in [1.82, 2.24) is 0 Å². The Labute approximate surface area is 88.4 Å². The summed E-state index contributed by atoms with van der Waals surface area (Å²) in [5.74, 6) is 1.66. The molecule has 0 amide bonds. The van der Waals surface area contributed by atoms with Crippen LogP contribution in [0.1, 0.15) is 53.4 Å². The van der Waals surface area contributed by atoms with E-state index < -0.39 is 0 Å². The molecule has 0 radical (unpaired) electrons. The van der Waals surface area contributed by atoms with E-state index in [9.17, 15) is 0 Å². The number of rotatable bonds is 2. The Morgan fingerprint density at radius 3 is 2.00 bits per heavy atom. The molecular formula is C13H25N. The average molecular weight is 195 g/mol. The molecule has 0 heterocycles. The summed E-state index contributed by atoms with van der Waals surface area (Å²) in [6.45, 7) is 9.56. The topological polar surface area (TPSA) is 26.0 Å². The van der Waals surface area contributed by atoms with Gasteiger partial charge >= 0.3 is 0 Å². The molecule has 0 aromatic rings. The maximum absolute atomic E-state index is 6.50. The lowest BCUT2D eigenvalue weighted by atomic mass is 9.65. The van der Waals surface area contributed by atoms with Gasteiger partial charge in [-0.15, -0.1) is 0 Å². The normalized spacial score (nSPS) is 43.1. The molecular weight excluding hydrogens is 170 g/mol. The summed E-state index contributed by atoms with van der Waals surface area (Å²) < 4.78 is 0. The van der Waals surface area contributed by atoms with Gasteiger partial charge in [0.1, 0.15) is 0 Å². The highest BCUT2D eigenvalue weighted by molar-refractivity contribution is 5.15. The van der Waals surface area contributed by atoms with Crippen molar-refractivity contribution in [2.24, 2.45) is 28.4 Å². The molecule has 2 fully saturated rings. The van der Waals surface area contributed by atoms with Crippen LogP contribution in [0.5, 0.6) is 0 Å². The lowest BCUT2D eigenvalue weighted by molar-refractivity contribution is 0.100. The van der Waals surface area contributed by atoms with Gasteiger partial charge in [0.15, 0.2) is 0 Å². The van der Waals surface area contributed by atoms with Crippen LogP contribution in [0.2, 0.25) is 0 Å². The summed E-state index contributed by atoms with van der Waals surface area (Å²) in [6.07, 6.45) is 5.35. The zero-order chi connectivity index (χ0) is 10.6. The summed E-state index contributed by atoms with van der Waals surface area (Å²) in [7, 11) is 0. The Morgan fingerprint density at radius 1 is 1.14 bits per heavy atom. The predicted octanol–water partition coefficient (Wildman–Crippen LogP) is 3.19. The third-order valence-electron chi connectivity index (χ3n) is 5.73. The quantitative estimate of drug-likeness (QED) is 0.719. The minimum Gasteiger partial charge on any atom is -0.327 e. The minimum atomic E-state index is 0.464. The van der Waals surface area contributed by atoms with Crippen molar-refractivity contribution in [1.29, 1.82) is 0 Å². The molecule has 0 aliphatic heterocycles. The first-order valence-electron chi connectivity index (χ1n) is 6.26. The minimum absolute atomic E-state index is 0.464. The van der Waals surface area contributed by atoms with E-state index in [0.29, 0.717) is 16.9 Å². The largest absolute Gasteiger partial charge is 0.327 e. The van der Waals surface area contributed by atoms with Gasteiger partial charge in [-0.1, -0.05) is 27.7 Å². The van der Waals surface area contributed by atoms with Crippen LogP contribution in [0.3, 0.4) is 0 Å². The molecule has 0 aromatic carbocycles. The van der Waals surface area contributed by atoms with Gasteiger partial charge in [-0.2, -0.15) is 0 Å². The summed E-state index contributed by atoms with van der Waals surface area (Å²) in [5.41, 5.74) is 7.47. The van der Waals surface area contributed by atoms with Gasteiger partial charge in [-0.3, -0.25) is 0 Å². The van der Waals surface area contributed by atoms with Crippen molar-refractivity contribution in [2.45, 2.75) is 59.4 Å². The molecule has 1 nitrogen and oxygen atoms in total. The molecule has 2 aliphatic carbocycles. The molecule has 0 spiro atoms. The molecule has 2 N–H and O–H groups in total. The van der Waals surface area contributed by atoms with E-state index in [0.717, 1.165) is 11.8 Å². The first kappa shape index (κ1) is 10.5. The zero-order valence-corrected chi connectivity index (χ0v) is 10.1. The molecule has 82 valence electrons. The average Bonchev–Trinajstić information content (AvgIpc) is 2.53. The molecule has 0 aromatic heterocycles. The Kier molecular flexibility index (Phi) is 2.23. The van der Waals surface area contributed by atoms with Crippen molar-refractivity contribution >= 4 is 0 Å². The molecule has 14 heavy (non-hydrogen) atoms. The highest BCUT2D eigenvalue weighted by Gasteiger charge is 2.63. The highest BCUT2D eigenvalue weighted by Crippen LogP contribution is 2.67. The van der Waals surface area contributed by atoms with Gasteiger partial charge in [-0.05, 0) is 48.3 Å². The summed E-state index contributed by atoms with van der Waals surface area (Å²) in [4.78, 5) is 0. The van der Waals surface area contributed by atoms with Crippen LogP contribution in [0.4, 0.5) is 0 Å². The van der Waals surface area contributed by atoms with Gasteiger partial charge < -0.3 is 5.73 Å². The van der Waals surface area contributed by atoms with Crippen LogP contribution in [0.25, 0.3) is 0 Å². The van der Waals surface area contributed by atoms with Crippen molar-refractivity contribution in [2.75, 3.05) is 0 Å². The Bertz CT molecular complexity index is 227. The molecule has 3 atom stereocenters. The maximum Gasteiger partial charge on any atom is 0.0132 e. The molecule has 2 rings (SSSR count). The van der Waals surface area contributed by atoms with Gasteiger partial charge in [-0.25, -0.2) is 0 Å².